The Morgan fingerprint density at radius 2 is 1.67 bits per heavy atom. The van der Waals surface area contributed by atoms with Crippen molar-refractivity contribution in [3.63, 3.8) is 0 Å². The van der Waals surface area contributed by atoms with Crippen molar-refractivity contribution in [3.8, 4) is 11.1 Å². The predicted molar refractivity (Wildman–Crippen MR) is 189 cm³/mol. The Balaban J connectivity index is 1.22. The number of esters is 1. The number of amides is 1. The van der Waals surface area contributed by atoms with Crippen LogP contribution in [0.3, 0.4) is 0 Å². The summed E-state index contributed by atoms with van der Waals surface area (Å²) >= 11 is 0. The van der Waals surface area contributed by atoms with Crippen LogP contribution in [0, 0.1) is 16.7 Å². The van der Waals surface area contributed by atoms with E-state index in [0.29, 0.717) is 23.4 Å². The lowest BCUT2D eigenvalue weighted by Gasteiger charge is -2.43. The van der Waals surface area contributed by atoms with Crippen molar-refractivity contribution < 1.29 is 28.9 Å². The van der Waals surface area contributed by atoms with Gasteiger partial charge in [0.2, 0.25) is 0 Å². The van der Waals surface area contributed by atoms with Crippen molar-refractivity contribution in [2.24, 2.45) is 16.7 Å². The summed E-state index contributed by atoms with van der Waals surface area (Å²) in [5.41, 5.74) is 6.59. The van der Waals surface area contributed by atoms with Crippen LogP contribution in [-0.4, -0.2) is 53.2 Å². The van der Waals surface area contributed by atoms with Crippen LogP contribution in [0.15, 0.2) is 72.8 Å². The minimum Gasteiger partial charge on any atom is -0.453 e. The molecule has 0 radical (unpaired) electrons. The number of nitrogens with zero attached hydrogens (tertiary/aromatic N) is 1. The van der Waals surface area contributed by atoms with Gasteiger partial charge in [0.25, 0.3) is 5.91 Å². The molecule has 1 aliphatic carbocycles. The van der Waals surface area contributed by atoms with Gasteiger partial charge in [-0.25, -0.2) is 0 Å². The summed E-state index contributed by atoms with van der Waals surface area (Å²) in [6.45, 7) is 14.7. The SMILES string of the molecule is CC(=O)OC(C)C(=O)NCc1ccccc1-c1ccc(C2OC(CN3CC4(C)CC3CC(C)(C)C4)C(C)C(c3ccc(CO)cc3)O2)cc1. The van der Waals surface area contributed by atoms with Crippen molar-refractivity contribution in [2.75, 3.05) is 13.1 Å². The molecular formula is C41H52N2O6. The Kier molecular flexibility index (Phi) is 10.3. The molecule has 3 aliphatic rings. The van der Waals surface area contributed by atoms with Gasteiger partial charge in [-0.1, -0.05) is 100 Å². The first-order chi connectivity index (χ1) is 23.3. The van der Waals surface area contributed by atoms with Gasteiger partial charge in [0, 0.05) is 44.1 Å². The zero-order valence-electron chi connectivity index (χ0n) is 29.8. The number of aliphatic hydroxyl groups is 1. The second-order valence-electron chi connectivity index (χ2n) is 15.7. The van der Waals surface area contributed by atoms with E-state index in [1.807, 2.05) is 36.4 Å². The number of hydrogen-bond donors (Lipinski definition) is 2. The fourth-order valence-corrected chi connectivity index (χ4v) is 8.75. The maximum Gasteiger partial charge on any atom is 0.303 e. The van der Waals surface area contributed by atoms with E-state index in [9.17, 15) is 14.7 Å². The number of carbonyl (C=O) groups is 2. The normalized spacial score (nSPS) is 28.5. The lowest BCUT2D eigenvalue weighted by atomic mass is 9.65. The molecule has 0 aromatic heterocycles. The fraction of sp³-hybridized carbons (Fsp3) is 0.512. The molecular weight excluding hydrogens is 616 g/mol. The van der Waals surface area contributed by atoms with Crippen molar-refractivity contribution in [1.82, 2.24) is 10.2 Å². The summed E-state index contributed by atoms with van der Waals surface area (Å²) in [7, 11) is 0. The van der Waals surface area contributed by atoms with E-state index in [1.54, 1.807) is 6.92 Å². The smallest absolute Gasteiger partial charge is 0.303 e. The second-order valence-corrected chi connectivity index (χ2v) is 15.7. The van der Waals surface area contributed by atoms with E-state index < -0.39 is 18.4 Å². The first kappa shape index (κ1) is 35.3. The number of aliphatic hydroxyl groups excluding tert-OH is 1. The molecule has 0 spiro atoms. The number of hydrogen-bond acceptors (Lipinski definition) is 7. The Bertz CT molecular complexity index is 1620. The van der Waals surface area contributed by atoms with Crippen molar-refractivity contribution in [2.45, 2.75) is 105 Å². The fourth-order valence-electron chi connectivity index (χ4n) is 8.75. The van der Waals surface area contributed by atoms with E-state index >= 15 is 0 Å². The van der Waals surface area contributed by atoms with Crippen LogP contribution in [-0.2, 0) is 37.0 Å². The zero-order valence-corrected chi connectivity index (χ0v) is 29.8. The third-order valence-electron chi connectivity index (χ3n) is 10.7. The quantitative estimate of drug-likeness (QED) is 0.223. The number of nitrogens with one attached hydrogen (secondary N) is 1. The minimum atomic E-state index is -0.859. The standard InChI is InChI=1S/C41H52N2O6/c1-26-36(22-43-25-41(6)20-34(43)19-40(4,5)24-41)48-39(49-37(26)31-13-11-29(23-44)12-14-31)32-17-15-30(16-18-32)35-10-8-7-9-33(35)21-42-38(46)27(2)47-28(3)45/h7-18,26-27,34,36-37,39,44H,19-25H2,1-6H3,(H,42,46). The molecule has 3 fully saturated rings. The van der Waals surface area contributed by atoms with Gasteiger partial charge in [0.05, 0.1) is 18.8 Å². The summed E-state index contributed by atoms with van der Waals surface area (Å²) < 4.78 is 18.7. The molecule has 1 amide bonds. The molecule has 3 aromatic carbocycles. The lowest BCUT2D eigenvalue weighted by Crippen LogP contribution is -2.46. The highest BCUT2D eigenvalue weighted by Crippen LogP contribution is 2.53. The number of rotatable bonds is 10. The summed E-state index contributed by atoms with van der Waals surface area (Å²) in [6.07, 6.45) is 2.14. The van der Waals surface area contributed by atoms with Gasteiger partial charge in [-0.3, -0.25) is 14.5 Å². The van der Waals surface area contributed by atoms with Crippen LogP contribution >= 0.6 is 0 Å². The van der Waals surface area contributed by atoms with E-state index in [4.69, 9.17) is 14.2 Å². The molecule has 8 heteroatoms. The van der Waals surface area contributed by atoms with Gasteiger partial charge >= 0.3 is 5.97 Å². The number of benzene rings is 3. The van der Waals surface area contributed by atoms with Crippen molar-refractivity contribution >= 4 is 11.9 Å². The second kappa shape index (κ2) is 14.4. The average Bonchev–Trinajstić information content (AvgIpc) is 3.31. The van der Waals surface area contributed by atoms with Crippen LogP contribution < -0.4 is 5.32 Å². The van der Waals surface area contributed by atoms with Crippen LogP contribution in [0.25, 0.3) is 11.1 Å². The molecule has 2 saturated heterocycles. The molecule has 6 rings (SSSR count). The first-order valence-corrected chi connectivity index (χ1v) is 17.7. The summed E-state index contributed by atoms with van der Waals surface area (Å²) in [5.74, 6) is -0.702. The molecule has 3 aromatic rings. The third-order valence-corrected chi connectivity index (χ3v) is 10.7. The number of carbonyl (C=O) groups excluding carboxylic acids is 2. The maximum absolute atomic E-state index is 12.5. The minimum absolute atomic E-state index is 0.0104. The monoisotopic (exact) mass is 668 g/mol. The molecule has 262 valence electrons. The highest BCUT2D eigenvalue weighted by atomic mass is 16.7. The molecule has 1 saturated carbocycles. The summed E-state index contributed by atoms with van der Waals surface area (Å²) in [5, 5.41) is 12.5. The Morgan fingerprint density at radius 3 is 2.37 bits per heavy atom. The first-order valence-electron chi connectivity index (χ1n) is 17.7. The van der Waals surface area contributed by atoms with E-state index in [0.717, 1.165) is 46.5 Å². The molecule has 7 unspecified atom stereocenters. The van der Waals surface area contributed by atoms with Gasteiger partial charge in [0.15, 0.2) is 12.4 Å². The Morgan fingerprint density at radius 1 is 0.980 bits per heavy atom. The highest BCUT2D eigenvalue weighted by Gasteiger charge is 2.51. The lowest BCUT2D eigenvalue weighted by molar-refractivity contribution is -0.276. The molecule has 2 aliphatic heterocycles. The van der Waals surface area contributed by atoms with Crippen molar-refractivity contribution in [1.29, 1.82) is 0 Å². The van der Waals surface area contributed by atoms with Crippen LogP contribution in [0.1, 0.15) is 95.5 Å². The van der Waals surface area contributed by atoms with Crippen LogP contribution in [0.2, 0.25) is 0 Å². The predicted octanol–water partition coefficient (Wildman–Crippen LogP) is 7.11. The Hall–Kier alpha value is -3.56. The number of likely N-dealkylation sites (tertiary alicyclic amines) is 1. The number of fused-ring (bicyclic) bond motifs is 2. The van der Waals surface area contributed by atoms with E-state index in [1.165, 1.54) is 26.2 Å². The molecule has 7 atom stereocenters. The maximum atomic E-state index is 12.5. The highest BCUT2D eigenvalue weighted by molar-refractivity contribution is 5.83. The van der Waals surface area contributed by atoms with Gasteiger partial charge in [-0.15, -0.1) is 0 Å². The molecule has 2 bridgehead atoms. The van der Waals surface area contributed by atoms with Crippen LogP contribution in [0.5, 0.6) is 0 Å². The summed E-state index contributed by atoms with van der Waals surface area (Å²) in [4.78, 5) is 26.5. The molecule has 2 N–H and O–H groups in total. The molecule has 49 heavy (non-hydrogen) atoms. The van der Waals surface area contributed by atoms with Gasteiger partial charge in [0.1, 0.15) is 0 Å². The topological polar surface area (TPSA) is 97.3 Å². The average molecular weight is 669 g/mol. The number of ether oxygens (including phenoxy) is 3. The van der Waals surface area contributed by atoms with E-state index in [-0.39, 0.29) is 30.6 Å². The van der Waals surface area contributed by atoms with Gasteiger partial charge in [-0.2, -0.15) is 0 Å². The molecule has 2 heterocycles. The van der Waals surface area contributed by atoms with Gasteiger partial charge < -0.3 is 24.6 Å². The molecule has 8 nitrogen and oxygen atoms in total. The summed E-state index contributed by atoms with van der Waals surface area (Å²) in [6, 6.07) is 24.9. The largest absolute Gasteiger partial charge is 0.453 e. The van der Waals surface area contributed by atoms with E-state index in [2.05, 4.69) is 74.3 Å². The van der Waals surface area contributed by atoms with Gasteiger partial charge in [-0.05, 0) is 64.8 Å². The van der Waals surface area contributed by atoms with Crippen LogP contribution in [0.4, 0.5) is 0 Å². The Labute approximate surface area is 291 Å². The third kappa shape index (κ3) is 8.09. The zero-order chi connectivity index (χ0) is 34.9. The van der Waals surface area contributed by atoms with Crippen molar-refractivity contribution in [3.05, 3.63) is 95.1 Å².